The highest BCUT2D eigenvalue weighted by molar-refractivity contribution is 6.24. The Labute approximate surface area is 236 Å². The van der Waals surface area contributed by atoms with Gasteiger partial charge in [-0.3, -0.25) is 24.6 Å². The fraction of sp³-hybridized carbons (Fsp3) is 0.500. The molecule has 0 unspecified atom stereocenters. The van der Waals surface area contributed by atoms with E-state index in [1.54, 1.807) is 19.0 Å². The van der Waals surface area contributed by atoms with Gasteiger partial charge in [-0.1, -0.05) is 13.8 Å². The molecule has 0 bridgehead atoms. The van der Waals surface area contributed by atoms with Crippen molar-refractivity contribution in [3.8, 4) is 5.75 Å². The number of aliphatic hydroxyl groups is 3. The average Bonchev–Trinajstić information content (AvgIpc) is 2.85. The van der Waals surface area contributed by atoms with Gasteiger partial charge in [0.15, 0.2) is 17.1 Å². The van der Waals surface area contributed by atoms with Gasteiger partial charge < -0.3 is 35.8 Å². The first-order chi connectivity index (χ1) is 19.0. The molecule has 3 aliphatic rings. The van der Waals surface area contributed by atoms with Crippen LogP contribution in [0.1, 0.15) is 31.4 Å². The Bertz CT molecular complexity index is 1410. The molecule has 0 heterocycles. The number of aliphatic hydroxyl groups excluding tert-OH is 2. The van der Waals surface area contributed by atoms with Gasteiger partial charge in [-0.05, 0) is 50.4 Å². The summed E-state index contributed by atoms with van der Waals surface area (Å²) in [6.07, 6.45) is -0.741. The molecule has 7 N–H and O–H groups in total. The van der Waals surface area contributed by atoms with Crippen LogP contribution in [0.3, 0.4) is 0 Å². The van der Waals surface area contributed by atoms with E-state index in [1.807, 2.05) is 13.8 Å². The van der Waals surface area contributed by atoms with E-state index in [9.17, 15) is 39.6 Å². The molecule has 4 atom stereocenters. The lowest BCUT2D eigenvalue weighted by atomic mass is 9.57. The summed E-state index contributed by atoms with van der Waals surface area (Å²) >= 11 is 0. The van der Waals surface area contributed by atoms with Crippen molar-refractivity contribution in [1.82, 2.24) is 4.90 Å². The van der Waals surface area contributed by atoms with Crippen LogP contribution < -0.4 is 16.0 Å². The van der Waals surface area contributed by atoms with Crippen molar-refractivity contribution in [2.75, 3.05) is 45.0 Å². The van der Waals surface area contributed by atoms with Crippen molar-refractivity contribution < 1.29 is 44.3 Å². The first-order valence-corrected chi connectivity index (χ1v) is 13.2. The summed E-state index contributed by atoms with van der Waals surface area (Å²) < 4.78 is 5.15. The second-order valence-electron chi connectivity index (χ2n) is 11.6. The minimum Gasteiger partial charge on any atom is -0.508 e. The Morgan fingerprint density at radius 1 is 1.17 bits per heavy atom. The number of nitrogens with zero attached hydrogens (tertiary/aromatic N) is 2. The number of aromatic hydroxyl groups is 1. The zero-order valence-electron chi connectivity index (χ0n) is 23.8. The van der Waals surface area contributed by atoms with Crippen molar-refractivity contribution >= 4 is 40.7 Å². The number of ether oxygens (including phenoxy) is 1. The molecule has 0 aliphatic heterocycles. The zero-order valence-corrected chi connectivity index (χ0v) is 23.8. The highest BCUT2D eigenvalue weighted by atomic mass is 16.5. The molecule has 0 radical (unpaired) electrons. The van der Waals surface area contributed by atoms with Gasteiger partial charge in [0.05, 0.1) is 23.9 Å². The number of amides is 2. The second-order valence-corrected chi connectivity index (χ2v) is 11.6. The van der Waals surface area contributed by atoms with Crippen LogP contribution in [-0.2, 0) is 25.5 Å². The van der Waals surface area contributed by atoms with Crippen LogP contribution in [0.15, 0.2) is 23.0 Å². The number of carbonyl (C=O) groups excluding carboxylic acids is 4. The fourth-order valence-corrected chi connectivity index (χ4v) is 6.17. The summed E-state index contributed by atoms with van der Waals surface area (Å²) in [7, 11) is 6.53. The summed E-state index contributed by atoms with van der Waals surface area (Å²) in [5.41, 5.74) is 2.24. The number of hydrogen-bond acceptors (Lipinski definition) is 11. The van der Waals surface area contributed by atoms with Gasteiger partial charge in [0, 0.05) is 31.3 Å². The first-order valence-electron chi connectivity index (χ1n) is 13.2. The van der Waals surface area contributed by atoms with Crippen LogP contribution in [0.2, 0.25) is 0 Å². The molecule has 2 amide bonds. The number of fused-ring (bicyclic) bond motifs is 3. The molecule has 41 heavy (non-hydrogen) atoms. The highest BCUT2D eigenvalue weighted by Gasteiger charge is 2.64. The molecule has 1 fully saturated rings. The van der Waals surface area contributed by atoms with Crippen molar-refractivity contribution in [1.29, 1.82) is 0 Å². The summed E-state index contributed by atoms with van der Waals surface area (Å²) in [6, 6.07) is 0.349. The second kappa shape index (κ2) is 10.4. The van der Waals surface area contributed by atoms with Gasteiger partial charge in [-0.25, -0.2) is 4.79 Å². The van der Waals surface area contributed by atoms with E-state index < -0.39 is 69.9 Å². The monoisotopic (exact) mass is 572 g/mol. The van der Waals surface area contributed by atoms with Gasteiger partial charge in [0.2, 0.25) is 5.78 Å². The molecule has 1 aromatic carbocycles. The van der Waals surface area contributed by atoms with E-state index in [0.29, 0.717) is 11.3 Å². The van der Waals surface area contributed by atoms with Gasteiger partial charge in [-0.2, -0.15) is 0 Å². The molecule has 3 aliphatic carbocycles. The molecule has 1 saturated carbocycles. The Morgan fingerprint density at radius 2 is 1.80 bits per heavy atom. The third-order valence-corrected chi connectivity index (χ3v) is 7.96. The van der Waals surface area contributed by atoms with E-state index >= 15 is 0 Å². The van der Waals surface area contributed by atoms with Crippen molar-refractivity contribution in [3.05, 3.63) is 34.1 Å². The maximum absolute atomic E-state index is 14.0. The van der Waals surface area contributed by atoms with Gasteiger partial charge in [0.1, 0.15) is 17.1 Å². The molecular formula is C28H36N4O9. The van der Waals surface area contributed by atoms with Crippen LogP contribution in [-0.4, -0.2) is 95.3 Å². The summed E-state index contributed by atoms with van der Waals surface area (Å²) in [5.74, 6) is -7.39. The zero-order chi connectivity index (χ0) is 30.7. The molecule has 4 rings (SSSR count). The molecule has 13 heteroatoms. The van der Waals surface area contributed by atoms with Crippen molar-refractivity contribution in [2.24, 2.45) is 23.5 Å². The number of primary amides is 1. The third kappa shape index (κ3) is 4.58. The number of rotatable bonds is 6. The predicted octanol–water partition coefficient (Wildman–Crippen LogP) is 1.23. The van der Waals surface area contributed by atoms with E-state index in [2.05, 4.69) is 5.32 Å². The minimum absolute atomic E-state index is 0.0269. The van der Waals surface area contributed by atoms with Crippen LogP contribution in [0.5, 0.6) is 5.75 Å². The molecular weight excluding hydrogens is 536 g/mol. The minimum atomic E-state index is -2.74. The number of nitrogens with two attached hydrogens (primary N) is 1. The van der Waals surface area contributed by atoms with E-state index in [0.717, 1.165) is 0 Å². The van der Waals surface area contributed by atoms with E-state index in [1.165, 1.54) is 25.1 Å². The van der Waals surface area contributed by atoms with Gasteiger partial charge in [-0.15, -0.1) is 0 Å². The number of likely N-dealkylation sites (N-methyl/N-ethyl adjacent to an activating group) is 1. The van der Waals surface area contributed by atoms with Crippen LogP contribution in [0, 0.1) is 17.8 Å². The Balaban J connectivity index is 1.91. The lowest BCUT2D eigenvalue weighted by Crippen LogP contribution is -2.65. The summed E-state index contributed by atoms with van der Waals surface area (Å²) in [6.45, 7) is 3.84. The maximum Gasteiger partial charge on any atom is 0.411 e. The number of benzene rings is 1. The summed E-state index contributed by atoms with van der Waals surface area (Å²) in [5, 5.41) is 47.9. The average molecular weight is 573 g/mol. The molecule has 222 valence electrons. The van der Waals surface area contributed by atoms with Gasteiger partial charge >= 0.3 is 6.09 Å². The van der Waals surface area contributed by atoms with Crippen LogP contribution in [0.4, 0.5) is 16.2 Å². The summed E-state index contributed by atoms with van der Waals surface area (Å²) in [4.78, 5) is 54.9. The Kier molecular flexibility index (Phi) is 7.56. The van der Waals surface area contributed by atoms with Crippen LogP contribution in [0.25, 0.3) is 5.76 Å². The molecule has 0 aromatic heterocycles. The maximum atomic E-state index is 14.0. The van der Waals surface area contributed by atoms with Crippen LogP contribution >= 0.6 is 0 Å². The Hall–Kier alpha value is -4.10. The topological polar surface area (TPSA) is 203 Å². The third-order valence-electron chi connectivity index (χ3n) is 7.96. The highest BCUT2D eigenvalue weighted by Crippen LogP contribution is 2.54. The van der Waals surface area contributed by atoms with Gasteiger partial charge in [0.25, 0.3) is 5.91 Å². The number of Topliss-reactive ketones (excluding diaryl/α,β-unsaturated/α-hetero) is 2. The van der Waals surface area contributed by atoms with E-state index in [4.69, 9.17) is 10.5 Å². The number of nitrogens with one attached hydrogen (secondary N) is 1. The lowest BCUT2D eigenvalue weighted by molar-refractivity contribution is -0.153. The predicted molar refractivity (Wildman–Crippen MR) is 148 cm³/mol. The Morgan fingerprint density at radius 3 is 2.34 bits per heavy atom. The molecule has 0 spiro atoms. The number of phenols is 1. The number of phenolic OH excluding ortho intramolecular Hbond substituents is 1. The molecule has 13 nitrogen and oxygen atoms in total. The molecule has 0 saturated heterocycles. The number of carbonyl (C=O) groups is 4. The quantitative estimate of drug-likeness (QED) is 0.211. The van der Waals surface area contributed by atoms with Crippen molar-refractivity contribution in [2.45, 2.75) is 38.3 Å². The number of hydrogen-bond donors (Lipinski definition) is 6. The lowest BCUT2D eigenvalue weighted by Gasteiger charge is -2.50. The normalized spacial score (nSPS) is 25.6. The van der Waals surface area contributed by atoms with E-state index in [-0.39, 0.29) is 42.2 Å². The number of anilines is 2. The largest absolute Gasteiger partial charge is 0.508 e. The SMILES string of the molecule is CC(C)COC(=O)Nc1cc(N(C)C)c2c(c1O)C(O)=C1C(=O)[C@]3(O)C(O)=C(C(N)=O)C(=O)[C@H](N(C)C)[C@@H]3C[C@@H]1C2. The first kappa shape index (κ1) is 29.9. The molecule has 1 aromatic rings. The standard InChI is InChI=1S/C28H36N4O9/c1-11(2)10-41-27(39)30-15-9-16(31(3)4)13-7-12-8-14-20(32(5)6)23(35)19(26(29)38)25(37)28(14,40)24(36)17(12)22(34)18(13)21(15)33/h9,11-12,14,20,33-34,37,40H,7-8,10H2,1-6H3,(H2,29,38)(H,30,39)/t12-,14-,20+,28-/m0/s1. The number of ketones is 2. The smallest absolute Gasteiger partial charge is 0.411 e. The fourth-order valence-electron chi connectivity index (χ4n) is 6.17. The van der Waals surface area contributed by atoms with Crippen molar-refractivity contribution in [3.63, 3.8) is 0 Å².